The van der Waals surface area contributed by atoms with Crippen molar-refractivity contribution in [1.82, 2.24) is 15.2 Å². The zero-order valence-corrected chi connectivity index (χ0v) is 12.6. The summed E-state index contributed by atoms with van der Waals surface area (Å²) in [6, 6.07) is 0. The molecule has 1 aromatic rings. The van der Waals surface area contributed by atoms with Crippen LogP contribution in [0, 0.1) is 0 Å². The third-order valence-electron chi connectivity index (χ3n) is 3.23. The molecule has 112 valence electrons. The van der Waals surface area contributed by atoms with Gasteiger partial charge in [0.1, 0.15) is 10.7 Å². The molecule has 8 heteroatoms. The third kappa shape index (κ3) is 3.59. The van der Waals surface area contributed by atoms with Gasteiger partial charge in [-0.3, -0.25) is 9.69 Å². The number of rotatable bonds is 5. The predicted molar refractivity (Wildman–Crippen MR) is 80.3 cm³/mol. The fraction of sp³-hybridized carbons (Fsp3) is 0.667. The van der Waals surface area contributed by atoms with Crippen LogP contribution >= 0.6 is 11.3 Å². The van der Waals surface area contributed by atoms with Crippen LogP contribution in [0.15, 0.2) is 0 Å². The minimum Gasteiger partial charge on any atom is -0.382 e. The lowest BCUT2D eigenvalue weighted by molar-refractivity contribution is -0.0245. The molecule has 20 heavy (non-hydrogen) atoms. The Morgan fingerprint density at radius 2 is 2.45 bits per heavy atom. The van der Waals surface area contributed by atoms with Gasteiger partial charge in [0.2, 0.25) is 0 Å². The summed E-state index contributed by atoms with van der Waals surface area (Å²) in [5.74, 6) is 0.0651. The topological polar surface area (TPSA) is 92.5 Å². The van der Waals surface area contributed by atoms with Gasteiger partial charge in [-0.1, -0.05) is 18.3 Å². The molecule has 0 saturated carbocycles. The molecule has 0 spiro atoms. The summed E-state index contributed by atoms with van der Waals surface area (Å²) in [6.45, 7) is 6.12. The van der Waals surface area contributed by atoms with E-state index in [-0.39, 0.29) is 17.8 Å². The fourth-order valence-corrected chi connectivity index (χ4v) is 2.83. The molecule has 1 atom stereocenters. The van der Waals surface area contributed by atoms with E-state index in [2.05, 4.69) is 27.4 Å². The number of anilines is 2. The number of nitrogens with zero attached hydrogens (tertiary/aromatic N) is 2. The maximum absolute atomic E-state index is 12.1. The van der Waals surface area contributed by atoms with Crippen LogP contribution in [0.3, 0.4) is 0 Å². The molecular weight excluding hydrogens is 278 g/mol. The highest BCUT2D eigenvalue weighted by molar-refractivity contribution is 7.18. The number of hydrogen-bond donors (Lipinski definition) is 3. The van der Waals surface area contributed by atoms with Crippen LogP contribution in [0.4, 0.5) is 10.9 Å². The van der Waals surface area contributed by atoms with Crippen molar-refractivity contribution in [3.63, 3.8) is 0 Å². The molecule has 1 aromatic heterocycles. The number of aromatic nitrogens is 1. The van der Waals surface area contributed by atoms with Crippen LogP contribution in [0.1, 0.15) is 16.6 Å². The van der Waals surface area contributed by atoms with Gasteiger partial charge in [0.05, 0.1) is 12.7 Å². The van der Waals surface area contributed by atoms with Crippen LogP contribution in [-0.2, 0) is 4.74 Å². The molecule has 0 aliphatic carbocycles. The van der Waals surface area contributed by atoms with Gasteiger partial charge in [0, 0.05) is 26.7 Å². The van der Waals surface area contributed by atoms with Gasteiger partial charge in [-0.15, -0.1) is 0 Å². The molecule has 4 N–H and O–H groups in total. The molecule has 1 aliphatic rings. The zero-order valence-electron chi connectivity index (χ0n) is 11.8. The highest BCUT2D eigenvalue weighted by Gasteiger charge is 2.21. The van der Waals surface area contributed by atoms with E-state index in [1.54, 1.807) is 7.05 Å². The van der Waals surface area contributed by atoms with E-state index in [4.69, 9.17) is 10.5 Å². The van der Waals surface area contributed by atoms with Crippen molar-refractivity contribution in [3.8, 4) is 0 Å². The molecule has 1 saturated heterocycles. The van der Waals surface area contributed by atoms with Crippen molar-refractivity contribution in [2.24, 2.45) is 0 Å². The summed E-state index contributed by atoms with van der Waals surface area (Å²) in [6.07, 6.45) is 0.0329. The van der Waals surface area contributed by atoms with E-state index in [1.165, 1.54) is 11.3 Å². The van der Waals surface area contributed by atoms with Crippen LogP contribution in [0.25, 0.3) is 0 Å². The number of carbonyl (C=O) groups is 1. The lowest BCUT2D eigenvalue weighted by atomic mass is 10.2. The Morgan fingerprint density at radius 3 is 3.10 bits per heavy atom. The Bertz CT molecular complexity index is 465. The first-order valence-corrected chi connectivity index (χ1v) is 7.51. The predicted octanol–water partition coefficient (Wildman–Crippen LogP) is 0.218. The summed E-state index contributed by atoms with van der Waals surface area (Å²) in [5.41, 5.74) is 5.73. The number of morpholine rings is 1. The summed E-state index contributed by atoms with van der Waals surface area (Å²) in [4.78, 5) is 18.9. The molecular formula is C12H21N5O2S. The van der Waals surface area contributed by atoms with Gasteiger partial charge in [-0.25, -0.2) is 4.98 Å². The van der Waals surface area contributed by atoms with Crippen molar-refractivity contribution in [2.75, 3.05) is 50.9 Å². The second-order valence-corrected chi connectivity index (χ2v) is 5.58. The SMILES string of the molecule is CCN1CCOC(CNC(=O)c2sc(NC)nc2N)C1. The quantitative estimate of drug-likeness (QED) is 0.720. The summed E-state index contributed by atoms with van der Waals surface area (Å²) in [7, 11) is 1.75. The first-order chi connectivity index (χ1) is 9.63. The van der Waals surface area contributed by atoms with Crippen LogP contribution in [0.5, 0.6) is 0 Å². The van der Waals surface area contributed by atoms with Gasteiger partial charge in [0.15, 0.2) is 5.13 Å². The first kappa shape index (κ1) is 15.0. The molecule has 0 aromatic carbocycles. The van der Waals surface area contributed by atoms with E-state index in [0.29, 0.717) is 23.2 Å². The number of hydrogen-bond acceptors (Lipinski definition) is 7. The average Bonchev–Trinajstić information content (AvgIpc) is 2.86. The third-order valence-corrected chi connectivity index (χ3v) is 4.32. The van der Waals surface area contributed by atoms with E-state index in [0.717, 1.165) is 19.6 Å². The molecule has 1 aliphatic heterocycles. The Labute approximate surface area is 122 Å². The summed E-state index contributed by atoms with van der Waals surface area (Å²) in [5, 5.41) is 6.38. The van der Waals surface area contributed by atoms with Crippen molar-refractivity contribution in [3.05, 3.63) is 4.88 Å². The second-order valence-electron chi connectivity index (χ2n) is 4.58. The normalized spacial score (nSPS) is 19.8. The van der Waals surface area contributed by atoms with Crippen molar-refractivity contribution >= 4 is 28.2 Å². The van der Waals surface area contributed by atoms with Crippen molar-refractivity contribution in [1.29, 1.82) is 0 Å². The Kier molecular flexibility index (Phi) is 5.16. The summed E-state index contributed by atoms with van der Waals surface area (Å²) < 4.78 is 5.64. The smallest absolute Gasteiger partial charge is 0.265 e. The zero-order chi connectivity index (χ0) is 14.5. The fourth-order valence-electron chi connectivity index (χ4n) is 2.08. The Balaban J connectivity index is 1.86. The number of nitrogen functional groups attached to an aromatic ring is 1. The molecule has 7 nitrogen and oxygen atoms in total. The molecule has 1 unspecified atom stereocenters. The lowest BCUT2D eigenvalue weighted by Gasteiger charge is -2.32. The second kappa shape index (κ2) is 6.87. The molecule has 0 bridgehead atoms. The van der Waals surface area contributed by atoms with Crippen LogP contribution in [0.2, 0.25) is 0 Å². The van der Waals surface area contributed by atoms with Crippen LogP contribution in [-0.4, -0.2) is 61.7 Å². The Hall–Kier alpha value is -1.38. The molecule has 1 amide bonds. The minimum atomic E-state index is -0.196. The van der Waals surface area contributed by atoms with Crippen molar-refractivity contribution < 1.29 is 9.53 Å². The van der Waals surface area contributed by atoms with E-state index in [9.17, 15) is 4.79 Å². The number of ether oxygens (including phenoxy) is 1. The van der Waals surface area contributed by atoms with E-state index in [1.807, 2.05) is 0 Å². The number of amides is 1. The van der Waals surface area contributed by atoms with Gasteiger partial charge in [-0.2, -0.15) is 0 Å². The largest absolute Gasteiger partial charge is 0.382 e. The van der Waals surface area contributed by atoms with Gasteiger partial charge < -0.3 is 21.1 Å². The van der Waals surface area contributed by atoms with Gasteiger partial charge >= 0.3 is 0 Å². The standard InChI is InChI=1S/C12H21N5O2S/c1-3-17-4-5-19-8(7-17)6-15-11(18)9-10(13)16-12(14-2)20-9/h8H,3-7,13H2,1-2H3,(H,14,16)(H,15,18). The average molecular weight is 299 g/mol. The monoisotopic (exact) mass is 299 g/mol. The van der Waals surface area contributed by atoms with Gasteiger partial charge in [-0.05, 0) is 6.54 Å². The first-order valence-electron chi connectivity index (χ1n) is 6.70. The van der Waals surface area contributed by atoms with Gasteiger partial charge in [0.25, 0.3) is 5.91 Å². The minimum absolute atomic E-state index is 0.0329. The molecule has 2 rings (SSSR count). The van der Waals surface area contributed by atoms with Crippen molar-refractivity contribution in [2.45, 2.75) is 13.0 Å². The van der Waals surface area contributed by atoms with E-state index >= 15 is 0 Å². The highest BCUT2D eigenvalue weighted by atomic mass is 32.1. The number of nitrogens with two attached hydrogens (primary N) is 1. The van der Waals surface area contributed by atoms with E-state index < -0.39 is 0 Å². The number of nitrogens with one attached hydrogen (secondary N) is 2. The van der Waals surface area contributed by atoms with Crippen LogP contribution < -0.4 is 16.4 Å². The molecule has 0 radical (unpaired) electrons. The maximum atomic E-state index is 12.1. The lowest BCUT2D eigenvalue weighted by Crippen LogP contribution is -2.47. The molecule has 1 fully saturated rings. The Morgan fingerprint density at radius 1 is 1.65 bits per heavy atom. The number of likely N-dealkylation sites (N-methyl/N-ethyl adjacent to an activating group) is 1. The summed E-state index contributed by atoms with van der Waals surface area (Å²) >= 11 is 1.25. The maximum Gasteiger partial charge on any atom is 0.265 e. The molecule has 2 heterocycles. The number of carbonyl (C=O) groups excluding carboxylic acids is 1. The highest BCUT2D eigenvalue weighted by Crippen LogP contribution is 2.24. The number of thiazole rings is 1.